The zero-order valence-electron chi connectivity index (χ0n) is 17.1. The van der Waals surface area contributed by atoms with Crippen LogP contribution >= 0.6 is 0 Å². The third-order valence-electron chi connectivity index (χ3n) is 6.56. The average molecular weight is 402 g/mol. The minimum absolute atomic E-state index is 0.0268. The Kier molecular flexibility index (Phi) is 5.09. The molecule has 0 aliphatic carbocycles. The van der Waals surface area contributed by atoms with Gasteiger partial charge in [0.05, 0.1) is 12.2 Å². The van der Waals surface area contributed by atoms with Gasteiger partial charge in [-0.2, -0.15) is 0 Å². The number of aromatic nitrogens is 2. The van der Waals surface area contributed by atoms with Crippen molar-refractivity contribution in [2.75, 3.05) is 26.2 Å². The van der Waals surface area contributed by atoms with Gasteiger partial charge in [0.15, 0.2) is 0 Å². The lowest BCUT2D eigenvalue weighted by molar-refractivity contribution is 0.0699. The second kappa shape index (κ2) is 8.03. The van der Waals surface area contributed by atoms with E-state index in [4.69, 9.17) is 4.52 Å². The smallest absolute Gasteiger partial charge is 0.259 e. The van der Waals surface area contributed by atoms with E-state index in [-0.39, 0.29) is 11.9 Å². The number of amides is 1. The van der Waals surface area contributed by atoms with Crippen LogP contribution in [0.2, 0.25) is 0 Å². The molecule has 4 heterocycles. The van der Waals surface area contributed by atoms with E-state index in [0.29, 0.717) is 23.2 Å². The predicted octanol–water partition coefficient (Wildman–Crippen LogP) is 3.37. The molecule has 2 fully saturated rings. The minimum Gasteiger partial charge on any atom is -0.361 e. The molecule has 2 saturated heterocycles. The molecule has 2 aliphatic rings. The highest BCUT2D eigenvalue weighted by atomic mass is 16.5. The first-order chi connectivity index (χ1) is 14.7. The van der Waals surface area contributed by atoms with Gasteiger partial charge in [0.25, 0.3) is 5.91 Å². The summed E-state index contributed by atoms with van der Waals surface area (Å²) in [6.45, 7) is 5.64. The van der Waals surface area contributed by atoms with Gasteiger partial charge in [0.2, 0.25) is 0 Å². The number of hydrogen-bond acceptors (Lipinski definition) is 5. The first-order valence-electron chi connectivity index (χ1n) is 10.6. The molecule has 3 atom stereocenters. The summed E-state index contributed by atoms with van der Waals surface area (Å²) in [4.78, 5) is 22.2. The third kappa shape index (κ3) is 3.52. The number of hydrogen-bond donors (Lipinski definition) is 0. The maximum absolute atomic E-state index is 13.3. The van der Waals surface area contributed by atoms with Crippen molar-refractivity contribution in [3.05, 3.63) is 83.5 Å². The molecule has 0 saturated carbocycles. The van der Waals surface area contributed by atoms with Gasteiger partial charge >= 0.3 is 0 Å². The van der Waals surface area contributed by atoms with Crippen LogP contribution in [-0.2, 0) is 6.42 Å². The molecular formula is C24H26N4O2. The van der Waals surface area contributed by atoms with E-state index in [1.54, 1.807) is 13.1 Å². The van der Waals surface area contributed by atoms with E-state index in [2.05, 4.69) is 45.4 Å². The van der Waals surface area contributed by atoms with Crippen LogP contribution in [0.3, 0.4) is 0 Å². The lowest BCUT2D eigenvalue weighted by Gasteiger charge is -2.30. The minimum atomic E-state index is 0.0268. The second-order valence-corrected chi connectivity index (χ2v) is 8.40. The van der Waals surface area contributed by atoms with E-state index in [1.165, 1.54) is 11.1 Å². The van der Waals surface area contributed by atoms with Gasteiger partial charge in [-0.1, -0.05) is 41.6 Å². The van der Waals surface area contributed by atoms with Gasteiger partial charge in [0, 0.05) is 44.5 Å². The van der Waals surface area contributed by atoms with Gasteiger partial charge in [-0.3, -0.25) is 9.78 Å². The SMILES string of the molecule is Cc1oncc1C(=O)N1C[C@@H]2CN(CCc3cccnc3)C[C@@H]2[C@H]1c1ccccc1. The summed E-state index contributed by atoms with van der Waals surface area (Å²) in [5.74, 6) is 1.53. The third-order valence-corrected chi connectivity index (χ3v) is 6.56. The van der Waals surface area contributed by atoms with Crippen LogP contribution in [0.25, 0.3) is 0 Å². The van der Waals surface area contributed by atoms with Crippen molar-refractivity contribution in [3.8, 4) is 0 Å². The van der Waals surface area contributed by atoms with Crippen LogP contribution in [0.15, 0.2) is 65.6 Å². The molecule has 154 valence electrons. The standard InChI is InChI=1S/C24H26N4O2/c1-17-21(13-26-30-17)24(29)28-15-20-14-27(11-9-18-6-5-10-25-12-18)16-22(20)23(28)19-7-3-2-4-8-19/h2-8,10,12-13,20,22-23H,9,11,14-16H2,1H3/t20-,22-,23+/m0/s1. The predicted molar refractivity (Wildman–Crippen MR) is 113 cm³/mol. The number of carbonyl (C=O) groups excluding carboxylic acids is 1. The summed E-state index contributed by atoms with van der Waals surface area (Å²) >= 11 is 0. The lowest BCUT2D eigenvalue weighted by atomic mass is 9.89. The molecule has 0 radical (unpaired) electrons. The average Bonchev–Trinajstić information content (AvgIpc) is 3.47. The Hall–Kier alpha value is -2.99. The van der Waals surface area contributed by atoms with Crippen molar-refractivity contribution in [2.24, 2.45) is 11.8 Å². The Balaban J connectivity index is 1.35. The van der Waals surface area contributed by atoms with E-state index in [0.717, 1.165) is 32.6 Å². The summed E-state index contributed by atoms with van der Waals surface area (Å²) in [5, 5.41) is 3.81. The molecule has 3 aromatic rings. The Bertz CT molecular complexity index is 1000. The van der Waals surface area contributed by atoms with Crippen molar-refractivity contribution in [2.45, 2.75) is 19.4 Å². The van der Waals surface area contributed by atoms with E-state index in [9.17, 15) is 4.79 Å². The fraction of sp³-hybridized carbons (Fsp3) is 0.375. The summed E-state index contributed by atoms with van der Waals surface area (Å²) < 4.78 is 5.16. The van der Waals surface area contributed by atoms with Crippen molar-refractivity contribution in [3.63, 3.8) is 0 Å². The maximum atomic E-state index is 13.3. The number of aryl methyl sites for hydroxylation is 1. The van der Waals surface area contributed by atoms with E-state index < -0.39 is 0 Å². The number of carbonyl (C=O) groups is 1. The number of fused-ring (bicyclic) bond motifs is 1. The molecule has 30 heavy (non-hydrogen) atoms. The van der Waals surface area contributed by atoms with Gasteiger partial charge in [-0.05, 0) is 36.5 Å². The van der Waals surface area contributed by atoms with Gasteiger partial charge < -0.3 is 14.3 Å². The molecule has 6 heteroatoms. The normalized spacial score (nSPS) is 23.6. The maximum Gasteiger partial charge on any atom is 0.259 e. The second-order valence-electron chi connectivity index (χ2n) is 8.40. The summed E-state index contributed by atoms with van der Waals surface area (Å²) in [7, 11) is 0. The van der Waals surface area contributed by atoms with Crippen LogP contribution in [-0.4, -0.2) is 52.0 Å². The fourth-order valence-corrected chi connectivity index (χ4v) is 5.10. The molecule has 1 aromatic carbocycles. The molecule has 2 aromatic heterocycles. The molecule has 0 spiro atoms. The zero-order chi connectivity index (χ0) is 20.5. The number of pyridine rings is 1. The monoisotopic (exact) mass is 402 g/mol. The Morgan fingerprint density at radius 2 is 1.97 bits per heavy atom. The molecular weight excluding hydrogens is 376 g/mol. The van der Waals surface area contributed by atoms with E-state index in [1.807, 2.05) is 29.4 Å². The summed E-state index contributed by atoms with van der Waals surface area (Å²) in [5.41, 5.74) is 3.06. The van der Waals surface area contributed by atoms with Crippen LogP contribution < -0.4 is 0 Å². The van der Waals surface area contributed by atoms with Crippen LogP contribution in [0.5, 0.6) is 0 Å². The first kappa shape index (κ1) is 19.0. The molecule has 6 nitrogen and oxygen atoms in total. The van der Waals surface area contributed by atoms with Gasteiger partial charge in [0.1, 0.15) is 11.3 Å². The highest BCUT2D eigenvalue weighted by Gasteiger charge is 2.49. The van der Waals surface area contributed by atoms with Crippen molar-refractivity contribution < 1.29 is 9.32 Å². The van der Waals surface area contributed by atoms with E-state index >= 15 is 0 Å². The highest BCUT2D eigenvalue weighted by Crippen LogP contribution is 2.45. The van der Waals surface area contributed by atoms with Crippen LogP contribution in [0, 0.1) is 18.8 Å². The molecule has 2 aliphatic heterocycles. The molecule has 5 rings (SSSR count). The van der Waals surface area contributed by atoms with Crippen LogP contribution in [0.1, 0.15) is 33.3 Å². The quantitative estimate of drug-likeness (QED) is 0.655. The van der Waals surface area contributed by atoms with Gasteiger partial charge in [-0.15, -0.1) is 0 Å². The van der Waals surface area contributed by atoms with Gasteiger partial charge in [-0.25, -0.2) is 0 Å². The van der Waals surface area contributed by atoms with Crippen molar-refractivity contribution in [1.82, 2.24) is 19.9 Å². The topological polar surface area (TPSA) is 62.5 Å². The Morgan fingerprint density at radius 3 is 2.70 bits per heavy atom. The molecule has 0 bridgehead atoms. The molecule has 0 unspecified atom stereocenters. The highest BCUT2D eigenvalue weighted by molar-refractivity contribution is 5.95. The van der Waals surface area contributed by atoms with Crippen molar-refractivity contribution in [1.29, 1.82) is 0 Å². The number of rotatable bonds is 5. The fourth-order valence-electron chi connectivity index (χ4n) is 5.10. The number of likely N-dealkylation sites (tertiary alicyclic amines) is 2. The summed E-state index contributed by atoms with van der Waals surface area (Å²) in [6, 6.07) is 14.7. The Morgan fingerprint density at radius 1 is 1.10 bits per heavy atom. The van der Waals surface area contributed by atoms with Crippen molar-refractivity contribution >= 4 is 5.91 Å². The molecule has 1 amide bonds. The largest absolute Gasteiger partial charge is 0.361 e. The Labute approximate surface area is 176 Å². The van der Waals surface area contributed by atoms with Crippen LogP contribution in [0.4, 0.5) is 0 Å². The number of benzene rings is 1. The number of nitrogens with zero attached hydrogens (tertiary/aromatic N) is 4. The zero-order valence-corrected chi connectivity index (χ0v) is 17.1. The first-order valence-corrected chi connectivity index (χ1v) is 10.6. The summed E-state index contributed by atoms with van der Waals surface area (Å²) in [6.07, 6.45) is 6.32. The molecule has 0 N–H and O–H groups in total. The lowest BCUT2D eigenvalue weighted by Crippen LogP contribution is -2.36.